The average molecular weight is 540 g/mol. The average Bonchev–Trinajstić information content (AvgIpc) is 3.74. The third-order valence-corrected chi connectivity index (χ3v) is 7.28. The number of amides is 1. The minimum Gasteiger partial charge on any atom is -0.494 e. The minimum atomic E-state index is -0.293. The second-order valence-electron chi connectivity index (χ2n) is 10.5. The number of nitrogens with one attached hydrogen (secondary N) is 2. The summed E-state index contributed by atoms with van der Waals surface area (Å²) in [5.41, 5.74) is 6.67. The lowest BCUT2D eigenvalue weighted by molar-refractivity contribution is -0.111. The van der Waals surface area contributed by atoms with E-state index in [0.717, 1.165) is 30.0 Å². The molecule has 0 aliphatic heterocycles. The van der Waals surface area contributed by atoms with Crippen LogP contribution in [0.5, 0.6) is 5.75 Å². The summed E-state index contributed by atoms with van der Waals surface area (Å²) in [6.45, 7) is 5.21. The number of fused-ring (bicyclic) bond motifs is 1. The van der Waals surface area contributed by atoms with E-state index in [-0.39, 0.29) is 5.91 Å². The van der Waals surface area contributed by atoms with Crippen molar-refractivity contribution >= 4 is 39.8 Å². The number of aromatic nitrogens is 3. The predicted molar refractivity (Wildman–Crippen MR) is 163 cm³/mol. The molecule has 40 heavy (non-hydrogen) atoms. The Hall–Kier alpha value is -4.37. The van der Waals surface area contributed by atoms with Crippen molar-refractivity contribution in [1.82, 2.24) is 19.4 Å². The van der Waals surface area contributed by atoms with Crippen LogP contribution in [0.3, 0.4) is 0 Å². The van der Waals surface area contributed by atoms with Crippen LogP contribution >= 0.6 is 0 Å². The molecule has 2 N–H and O–H groups in total. The van der Waals surface area contributed by atoms with Crippen LogP contribution in [0, 0.1) is 0 Å². The zero-order valence-electron chi connectivity index (χ0n) is 23.9. The van der Waals surface area contributed by atoms with Gasteiger partial charge < -0.3 is 29.7 Å². The number of nitrogens with zero attached hydrogens (tertiary/aromatic N) is 5. The van der Waals surface area contributed by atoms with Gasteiger partial charge in [-0.15, -0.1) is 0 Å². The molecule has 1 saturated carbocycles. The van der Waals surface area contributed by atoms with Crippen LogP contribution in [0.2, 0.25) is 0 Å². The molecule has 2 heterocycles. The second-order valence-corrected chi connectivity index (χ2v) is 10.5. The van der Waals surface area contributed by atoms with E-state index in [1.165, 1.54) is 35.4 Å². The smallest absolute Gasteiger partial charge is 0.247 e. The Morgan fingerprint density at radius 2 is 1.98 bits per heavy atom. The Morgan fingerprint density at radius 1 is 1.18 bits per heavy atom. The van der Waals surface area contributed by atoms with Crippen molar-refractivity contribution in [2.45, 2.75) is 18.8 Å². The van der Waals surface area contributed by atoms with Crippen LogP contribution in [-0.2, 0) is 11.8 Å². The number of carbonyl (C=O) groups is 1. The van der Waals surface area contributed by atoms with Gasteiger partial charge in [0.15, 0.2) is 0 Å². The van der Waals surface area contributed by atoms with E-state index in [1.807, 2.05) is 39.3 Å². The van der Waals surface area contributed by atoms with E-state index in [4.69, 9.17) is 9.72 Å². The second kappa shape index (κ2) is 11.4. The number of carbonyl (C=O) groups excluding carboxylic acids is 1. The third-order valence-electron chi connectivity index (χ3n) is 7.28. The maximum absolute atomic E-state index is 12.3. The first-order chi connectivity index (χ1) is 19.3. The summed E-state index contributed by atoms with van der Waals surface area (Å²) in [7, 11) is 9.76. The normalized spacial score (nSPS) is 12.9. The molecule has 5 rings (SSSR count). The van der Waals surface area contributed by atoms with Gasteiger partial charge in [0.1, 0.15) is 5.75 Å². The standard InChI is InChI=1S/C31H37N7O2/c1-7-29(39)33-25-17-26(28(40-6)18-27(25)37(4)16-15-36(2)3)35-31-32-14-13-24(34-31)23-19-38(5)30-21(20-11-12-20)9-8-10-22(23)30/h7-10,13-14,17-20H,1,11-12,15-16H2,2-6H3,(H,33,39)(H,32,34,35). The van der Waals surface area contributed by atoms with Gasteiger partial charge in [0.25, 0.3) is 0 Å². The first-order valence-corrected chi connectivity index (χ1v) is 13.5. The Bertz CT molecular complexity index is 1560. The van der Waals surface area contributed by atoms with E-state index >= 15 is 0 Å². The van der Waals surface area contributed by atoms with E-state index in [9.17, 15) is 4.79 Å². The number of hydrogen-bond donors (Lipinski definition) is 2. The lowest BCUT2D eigenvalue weighted by Crippen LogP contribution is -2.29. The fourth-order valence-electron chi connectivity index (χ4n) is 5.02. The van der Waals surface area contributed by atoms with Crippen molar-refractivity contribution in [2.75, 3.05) is 56.9 Å². The molecule has 9 nitrogen and oxygen atoms in total. The molecule has 2 aromatic carbocycles. The van der Waals surface area contributed by atoms with E-state index in [1.54, 1.807) is 13.3 Å². The highest BCUT2D eigenvalue weighted by Crippen LogP contribution is 2.45. The molecular formula is C31H37N7O2. The molecule has 1 fully saturated rings. The van der Waals surface area contributed by atoms with Crippen molar-refractivity contribution in [2.24, 2.45) is 7.05 Å². The first kappa shape index (κ1) is 27.2. The monoisotopic (exact) mass is 539 g/mol. The van der Waals surface area contributed by atoms with E-state index in [0.29, 0.717) is 29.0 Å². The zero-order chi connectivity index (χ0) is 28.4. The highest BCUT2D eigenvalue weighted by Gasteiger charge is 2.27. The summed E-state index contributed by atoms with van der Waals surface area (Å²) in [4.78, 5) is 25.8. The van der Waals surface area contributed by atoms with Gasteiger partial charge in [0, 0.05) is 56.6 Å². The van der Waals surface area contributed by atoms with Crippen molar-refractivity contribution in [1.29, 1.82) is 0 Å². The molecule has 0 bridgehead atoms. The van der Waals surface area contributed by atoms with Gasteiger partial charge in [-0.3, -0.25) is 4.79 Å². The summed E-state index contributed by atoms with van der Waals surface area (Å²) in [5.74, 6) is 1.40. The van der Waals surface area contributed by atoms with Gasteiger partial charge >= 0.3 is 0 Å². The maximum Gasteiger partial charge on any atom is 0.247 e. The number of hydrogen-bond acceptors (Lipinski definition) is 7. The number of para-hydroxylation sites is 1. The van der Waals surface area contributed by atoms with Crippen LogP contribution in [0.25, 0.3) is 22.2 Å². The number of ether oxygens (including phenoxy) is 1. The van der Waals surface area contributed by atoms with Crippen molar-refractivity contribution in [3.63, 3.8) is 0 Å². The van der Waals surface area contributed by atoms with Crippen LogP contribution in [0.1, 0.15) is 24.3 Å². The molecular weight excluding hydrogens is 502 g/mol. The van der Waals surface area contributed by atoms with Gasteiger partial charge in [-0.1, -0.05) is 24.8 Å². The maximum atomic E-state index is 12.3. The number of anilines is 4. The molecule has 0 saturated heterocycles. The quantitative estimate of drug-likeness (QED) is 0.247. The Labute approximate surface area is 235 Å². The Morgan fingerprint density at radius 3 is 2.67 bits per heavy atom. The summed E-state index contributed by atoms with van der Waals surface area (Å²) < 4.78 is 7.95. The molecule has 0 radical (unpaired) electrons. The third kappa shape index (κ3) is 5.65. The molecule has 1 aliphatic carbocycles. The SMILES string of the molecule is C=CC(=O)Nc1cc(Nc2nccc(-c3cn(C)c4c(C5CC5)cccc34)n2)c(OC)cc1N(C)CCN(C)C. The molecule has 2 aromatic heterocycles. The fraction of sp³-hybridized carbons (Fsp3) is 0.323. The minimum absolute atomic E-state index is 0.293. The molecule has 0 atom stereocenters. The summed E-state index contributed by atoms with van der Waals surface area (Å²) in [5, 5.41) is 7.44. The highest BCUT2D eigenvalue weighted by atomic mass is 16.5. The summed E-state index contributed by atoms with van der Waals surface area (Å²) in [6.07, 6.45) is 7.66. The molecule has 208 valence electrons. The summed E-state index contributed by atoms with van der Waals surface area (Å²) in [6, 6.07) is 12.2. The van der Waals surface area contributed by atoms with Gasteiger partial charge in [0.05, 0.1) is 35.4 Å². The molecule has 1 amide bonds. The predicted octanol–water partition coefficient (Wildman–Crippen LogP) is 5.39. The topological polar surface area (TPSA) is 87.5 Å². The molecule has 0 spiro atoms. The Kier molecular flexibility index (Phi) is 7.75. The van der Waals surface area contributed by atoms with Gasteiger partial charge in [-0.25, -0.2) is 9.97 Å². The summed E-state index contributed by atoms with van der Waals surface area (Å²) >= 11 is 0. The van der Waals surface area contributed by atoms with E-state index in [2.05, 4.69) is 68.0 Å². The molecule has 4 aromatic rings. The number of rotatable bonds is 11. The van der Waals surface area contributed by atoms with Crippen LogP contribution in [-0.4, -0.2) is 66.7 Å². The van der Waals surface area contributed by atoms with Crippen LogP contribution in [0.15, 0.2) is 61.4 Å². The van der Waals surface area contributed by atoms with Gasteiger partial charge in [-0.05, 0) is 56.6 Å². The number of benzene rings is 2. The first-order valence-electron chi connectivity index (χ1n) is 13.5. The van der Waals surface area contributed by atoms with E-state index < -0.39 is 0 Å². The largest absolute Gasteiger partial charge is 0.494 e. The van der Waals surface area contributed by atoms with Crippen LogP contribution < -0.4 is 20.3 Å². The number of methoxy groups -OCH3 is 1. The fourth-order valence-corrected chi connectivity index (χ4v) is 5.02. The zero-order valence-corrected chi connectivity index (χ0v) is 23.9. The van der Waals surface area contributed by atoms with Crippen LogP contribution in [0.4, 0.5) is 23.0 Å². The Balaban J connectivity index is 1.50. The highest BCUT2D eigenvalue weighted by molar-refractivity contribution is 6.02. The molecule has 9 heteroatoms. The lowest BCUT2D eigenvalue weighted by Gasteiger charge is -2.26. The van der Waals surface area contributed by atoms with Crippen molar-refractivity contribution in [3.05, 3.63) is 67.0 Å². The molecule has 1 aliphatic rings. The van der Waals surface area contributed by atoms with Crippen molar-refractivity contribution < 1.29 is 9.53 Å². The number of aryl methyl sites for hydroxylation is 1. The van der Waals surface area contributed by atoms with Gasteiger partial charge in [-0.2, -0.15) is 0 Å². The number of likely N-dealkylation sites (N-methyl/N-ethyl adjacent to an activating group) is 2. The lowest BCUT2D eigenvalue weighted by atomic mass is 10.0. The molecule has 0 unspecified atom stereocenters. The van der Waals surface area contributed by atoms with Gasteiger partial charge in [0.2, 0.25) is 11.9 Å². The van der Waals surface area contributed by atoms with Crippen molar-refractivity contribution in [3.8, 4) is 17.0 Å².